The lowest BCUT2D eigenvalue weighted by Gasteiger charge is -2.21. The highest BCUT2D eigenvalue weighted by Gasteiger charge is 2.21. The molecule has 0 spiro atoms. The number of rotatable bonds is 6. The first-order valence-corrected chi connectivity index (χ1v) is 9.70. The molecular formula is C20H24N6O2. The second-order valence-electron chi connectivity index (χ2n) is 7.05. The second kappa shape index (κ2) is 8.69. The molecule has 0 aliphatic heterocycles. The van der Waals surface area contributed by atoms with E-state index in [0.29, 0.717) is 24.3 Å². The predicted molar refractivity (Wildman–Crippen MR) is 104 cm³/mol. The molecule has 1 saturated carbocycles. The minimum atomic E-state index is -0.391. The molecule has 1 aliphatic rings. The van der Waals surface area contributed by atoms with Crippen LogP contribution in [0.15, 0.2) is 53.5 Å². The van der Waals surface area contributed by atoms with E-state index in [0.717, 1.165) is 18.4 Å². The molecule has 1 atom stereocenters. The minimum absolute atomic E-state index is 0.300. The monoisotopic (exact) mass is 380 g/mol. The van der Waals surface area contributed by atoms with Crippen LogP contribution in [0.2, 0.25) is 0 Å². The molecule has 3 aromatic rings. The van der Waals surface area contributed by atoms with E-state index in [4.69, 9.17) is 4.42 Å². The molecule has 2 heterocycles. The molecule has 146 valence electrons. The molecule has 0 bridgehead atoms. The van der Waals surface area contributed by atoms with Crippen molar-refractivity contribution in [2.75, 3.05) is 5.32 Å². The Balaban J connectivity index is 1.39. The quantitative estimate of drug-likeness (QED) is 0.676. The molecule has 2 aromatic heterocycles. The van der Waals surface area contributed by atoms with Crippen LogP contribution in [0.3, 0.4) is 0 Å². The van der Waals surface area contributed by atoms with E-state index in [-0.39, 0.29) is 6.03 Å². The molecule has 0 saturated heterocycles. The maximum absolute atomic E-state index is 12.5. The van der Waals surface area contributed by atoms with E-state index in [2.05, 4.69) is 25.7 Å². The van der Waals surface area contributed by atoms with Crippen molar-refractivity contribution in [2.24, 2.45) is 0 Å². The third kappa shape index (κ3) is 4.57. The first-order valence-electron chi connectivity index (χ1n) is 9.70. The van der Waals surface area contributed by atoms with Gasteiger partial charge < -0.3 is 9.73 Å². The standard InChI is InChI=1S/C20H24N6O2/c27-20(24-19-22-14-26(25-19)16-9-5-2-6-10-16)23-17(18-21-11-12-28-18)13-15-7-3-1-4-8-15/h1,3-4,7-8,11-12,14,16-17H,2,5-6,9-10,13H2,(H2,23,24,25,27). The Kier molecular flexibility index (Phi) is 5.65. The van der Waals surface area contributed by atoms with Gasteiger partial charge >= 0.3 is 6.03 Å². The second-order valence-corrected chi connectivity index (χ2v) is 7.05. The maximum Gasteiger partial charge on any atom is 0.322 e. The molecule has 8 nitrogen and oxygen atoms in total. The van der Waals surface area contributed by atoms with Crippen LogP contribution in [-0.4, -0.2) is 25.8 Å². The van der Waals surface area contributed by atoms with Crippen LogP contribution < -0.4 is 10.6 Å². The Morgan fingerprint density at radius 2 is 2.00 bits per heavy atom. The molecular weight excluding hydrogens is 356 g/mol. The van der Waals surface area contributed by atoms with Gasteiger partial charge in [-0.1, -0.05) is 49.6 Å². The summed E-state index contributed by atoms with van der Waals surface area (Å²) in [6.07, 6.45) is 11.3. The third-order valence-corrected chi connectivity index (χ3v) is 5.02. The highest BCUT2D eigenvalue weighted by Crippen LogP contribution is 2.27. The highest BCUT2D eigenvalue weighted by atomic mass is 16.3. The van der Waals surface area contributed by atoms with Crippen LogP contribution in [0.5, 0.6) is 0 Å². The zero-order valence-electron chi connectivity index (χ0n) is 15.6. The number of nitrogens with one attached hydrogen (secondary N) is 2. The highest BCUT2D eigenvalue weighted by molar-refractivity contribution is 5.87. The van der Waals surface area contributed by atoms with Gasteiger partial charge in [0.15, 0.2) is 0 Å². The van der Waals surface area contributed by atoms with Crippen LogP contribution >= 0.6 is 0 Å². The summed E-state index contributed by atoms with van der Waals surface area (Å²) in [7, 11) is 0. The molecule has 0 radical (unpaired) electrons. The number of amides is 2. The summed E-state index contributed by atoms with van der Waals surface area (Å²) < 4.78 is 7.28. The SMILES string of the molecule is O=C(Nc1ncn(C2CCCCC2)n1)NC(Cc1ccccc1)c1ncco1. The normalized spacial score (nSPS) is 15.9. The van der Waals surface area contributed by atoms with Crippen molar-refractivity contribution in [3.63, 3.8) is 0 Å². The smallest absolute Gasteiger partial charge is 0.322 e. The Morgan fingerprint density at radius 1 is 1.18 bits per heavy atom. The number of urea groups is 1. The van der Waals surface area contributed by atoms with Crippen molar-refractivity contribution in [1.82, 2.24) is 25.1 Å². The fraction of sp³-hybridized carbons (Fsp3) is 0.400. The Labute approximate surface area is 163 Å². The van der Waals surface area contributed by atoms with Gasteiger partial charge in [-0.25, -0.2) is 19.4 Å². The average Bonchev–Trinajstić information content (AvgIpc) is 3.41. The number of hydrogen-bond donors (Lipinski definition) is 2. The number of aromatic nitrogens is 4. The van der Waals surface area contributed by atoms with Crippen LogP contribution in [0.4, 0.5) is 10.7 Å². The summed E-state index contributed by atoms with van der Waals surface area (Å²) in [6, 6.07) is 9.48. The summed E-state index contributed by atoms with van der Waals surface area (Å²) in [5.74, 6) is 0.758. The first-order chi connectivity index (χ1) is 13.8. The van der Waals surface area contributed by atoms with Gasteiger partial charge in [-0.15, -0.1) is 5.10 Å². The number of oxazole rings is 1. The van der Waals surface area contributed by atoms with Crippen molar-refractivity contribution in [2.45, 2.75) is 50.6 Å². The first kappa shape index (κ1) is 18.2. The summed E-state index contributed by atoms with van der Waals surface area (Å²) in [5, 5.41) is 10.0. The van der Waals surface area contributed by atoms with Crippen molar-refractivity contribution < 1.29 is 9.21 Å². The molecule has 4 rings (SSSR count). The van der Waals surface area contributed by atoms with E-state index < -0.39 is 6.04 Å². The minimum Gasteiger partial charge on any atom is -0.447 e. The Hall–Kier alpha value is -3.16. The van der Waals surface area contributed by atoms with Gasteiger partial charge in [0.2, 0.25) is 11.8 Å². The van der Waals surface area contributed by atoms with Gasteiger partial charge in [-0.3, -0.25) is 5.32 Å². The summed E-state index contributed by atoms with van der Waals surface area (Å²) >= 11 is 0. The topological polar surface area (TPSA) is 97.9 Å². The zero-order chi connectivity index (χ0) is 19.2. The molecule has 1 fully saturated rings. The molecule has 2 amide bonds. The number of nitrogens with zero attached hydrogens (tertiary/aromatic N) is 4. The zero-order valence-corrected chi connectivity index (χ0v) is 15.6. The molecule has 1 unspecified atom stereocenters. The lowest BCUT2D eigenvalue weighted by Crippen LogP contribution is -2.34. The van der Waals surface area contributed by atoms with Gasteiger partial charge in [0.05, 0.1) is 12.2 Å². The lowest BCUT2D eigenvalue weighted by atomic mass is 9.96. The largest absolute Gasteiger partial charge is 0.447 e. The van der Waals surface area contributed by atoms with Crippen molar-refractivity contribution >= 4 is 12.0 Å². The number of carbonyl (C=O) groups is 1. The van der Waals surface area contributed by atoms with E-state index in [1.54, 1.807) is 12.5 Å². The van der Waals surface area contributed by atoms with E-state index in [9.17, 15) is 4.79 Å². The van der Waals surface area contributed by atoms with Crippen LogP contribution in [-0.2, 0) is 6.42 Å². The molecule has 8 heteroatoms. The fourth-order valence-electron chi connectivity index (χ4n) is 3.61. The van der Waals surface area contributed by atoms with Crippen LogP contribution in [0.25, 0.3) is 0 Å². The molecule has 2 N–H and O–H groups in total. The van der Waals surface area contributed by atoms with Gasteiger partial charge in [-0.05, 0) is 18.4 Å². The molecule has 28 heavy (non-hydrogen) atoms. The lowest BCUT2D eigenvalue weighted by molar-refractivity contribution is 0.245. The maximum atomic E-state index is 12.5. The van der Waals surface area contributed by atoms with Crippen LogP contribution in [0, 0.1) is 0 Å². The average molecular weight is 380 g/mol. The fourth-order valence-corrected chi connectivity index (χ4v) is 3.61. The summed E-state index contributed by atoms with van der Waals surface area (Å²) in [4.78, 5) is 20.9. The van der Waals surface area contributed by atoms with Gasteiger partial charge in [-0.2, -0.15) is 0 Å². The van der Waals surface area contributed by atoms with Gasteiger partial charge in [0, 0.05) is 6.42 Å². The molecule has 1 aromatic carbocycles. The Morgan fingerprint density at radius 3 is 2.75 bits per heavy atom. The van der Waals surface area contributed by atoms with Crippen molar-refractivity contribution in [1.29, 1.82) is 0 Å². The third-order valence-electron chi connectivity index (χ3n) is 5.02. The summed E-state index contributed by atoms with van der Waals surface area (Å²) in [6.45, 7) is 0. The van der Waals surface area contributed by atoms with Crippen molar-refractivity contribution in [3.05, 3.63) is 60.6 Å². The van der Waals surface area contributed by atoms with E-state index >= 15 is 0 Å². The number of benzene rings is 1. The van der Waals surface area contributed by atoms with Crippen molar-refractivity contribution in [3.8, 4) is 0 Å². The van der Waals surface area contributed by atoms with E-state index in [1.807, 2.05) is 35.0 Å². The van der Waals surface area contributed by atoms with Gasteiger partial charge in [0.25, 0.3) is 0 Å². The number of anilines is 1. The Bertz CT molecular complexity index is 871. The number of hydrogen-bond acceptors (Lipinski definition) is 5. The predicted octanol–water partition coefficient (Wildman–Crippen LogP) is 3.88. The van der Waals surface area contributed by atoms with Crippen LogP contribution in [0.1, 0.15) is 55.6 Å². The summed E-state index contributed by atoms with van der Waals surface area (Å²) in [5.41, 5.74) is 1.07. The van der Waals surface area contributed by atoms with Gasteiger partial charge in [0.1, 0.15) is 18.6 Å². The molecule has 1 aliphatic carbocycles. The number of carbonyl (C=O) groups excluding carboxylic acids is 1. The van der Waals surface area contributed by atoms with E-state index in [1.165, 1.54) is 25.5 Å².